The molecular formula is C57H43N3. The van der Waals surface area contributed by atoms with Crippen molar-refractivity contribution in [1.82, 2.24) is 4.98 Å². The van der Waals surface area contributed by atoms with Crippen LogP contribution in [0.3, 0.4) is 0 Å². The van der Waals surface area contributed by atoms with Gasteiger partial charge in [-0.3, -0.25) is 4.99 Å². The maximum atomic E-state index is 5.31. The highest BCUT2D eigenvalue weighted by Crippen LogP contribution is 2.38. The smallest absolute Gasteiger partial charge is 0.155 e. The molecule has 9 aromatic rings. The molecule has 286 valence electrons. The van der Waals surface area contributed by atoms with E-state index in [1.54, 1.807) is 0 Å². The molecule has 8 aromatic carbocycles. The Labute approximate surface area is 352 Å². The largest absolute Gasteiger partial charge is 0.257 e. The van der Waals surface area contributed by atoms with Crippen LogP contribution in [0.1, 0.15) is 36.1 Å². The quantitative estimate of drug-likeness (QED) is 0.144. The van der Waals surface area contributed by atoms with E-state index in [4.69, 9.17) is 15.0 Å². The minimum Gasteiger partial charge on any atom is -0.257 e. The van der Waals surface area contributed by atoms with Crippen LogP contribution < -0.4 is 0 Å². The molecule has 0 N–H and O–H groups in total. The zero-order valence-corrected chi connectivity index (χ0v) is 33.5. The predicted molar refractivity (Wildman–Crippen MR) is 251 cm³/mol. The SMILES string of the molecule is CCC1C(c2ccccc2)=NC(c2ccccc2)=NC1c1ccc(-c2ccc3ccc(-c4ccc(-c5cc(-c6ccccc6)cc(-c6ccccc6)n5)cc4)cc3c2)cc1. The van der Waals surface area contributed by atoms with Gasteiger partial charge in [-0.05, 0) is 86.0 Å². The van der Waals surface area contributed by atoms with Crippen molar-refractivity contribution in [3.63, 3.8) is 0 Å². The molecule has 1 aliphatic rings. The lowest BCUT2D eigenvalue weighted by atomic mass is 9.83. The first-order valence-electron chi connectivity index (χ1n) is 20.8. The molecule has 0 saturated carbocycles. The third kappa shape index (κ3) is 7.50. The van der Waals surface area contributed by atoms with E-state index < -0.39 is 0 Å². The van der Waals surface area contributed by atoms with E-state index in [0.29, 0.717) is 0 Å². The van der Waals surface area contributed by atoms with Crippen LogP contribution in [0.2, 0.25) is 0 Å². The number of amidine groups is 1. The Morgan fingerprint density at radius 3 is 1.35 bits per heavy atom. The summed E-state index contributed by atoms with van der Waals surface area (Å²) in [5.41, 5.74) is 15.7. The molecule has 0 amide bonds. The summed E-state index contributed by atoms with van der Waals surface area (Å²) in [6.45, 7) is 2.24. The highest BCUT2D eigenvalue weighted by Gasteiger charge is 2.31. The molecule has 2 atom stereocenters. The average molecular weight is 770 g/mol. The van der Waals surface area contributed by atoms with E-state index >= 15 is 0 Å². The van der Waals surface area contributed by atoms with Crippen molar-refractivity contribution in [2.75, 3.05) is 0 Å². The van der Waals surface area contributed by atoms with Crippen molar-refractivity contribution in [3.8, 4) is 55.9 Å². The van der Waals surface area contributed by atoms with E-state index in [1.807, 2.05) is 12.1 Å². The maximum absolute atomic E-state index is 5.31. The van der Waals surface area contributed by atoms with Gasteiger partial charge in [0.1, 0.15) is 0 Å². The standard InChI is InChI=1S/C57H43N3/c1-2-52-55(45-19-11-5-12-20-45)59-57(47-21-13-6-14-22-47)60-56(52)46-31-25-41(26-32-46)49-34-28-42-27-33-48(35-50(42)36-49)40-23-29-44(30-24-40)54-38-51(39-15-7-3-8-16-39)37-53(58-54)43-17-9-4-10-18-43/h3-38,52,56H,2H2,1H3. The number of rotatable bonds is 9. The summed E-state index contributed by atoms with van der Waals surface area (Å²) in [4.78, 5) is 15.6. The van der Waals surface area contributed by atoms with Crippen molar-refractivity contribution in [2.45, 2.75) is 19.4 Å². The van der Waals surface area contributed by atoms with Crippen LogP contribution in [0.15, 0.2) is 228 Å². The summed E-state index contributed by atoms with van der Waals surface area (Å²) < 4.78 is 0. The second-order valence-electron chi connectivity index (χ2n) is 15.5. The van der Waals surface area contributed by atoms with Crippen LogP contribution in [0.5, 0.6) is 0 Å². The Morgan fingerprint density at radius 2 is 0.800 bits per heavy atom. The molecule has 1 aromatic heterocycles. The van der Waals surface area contributed by atoms with Crippen LogP contribution in [-0.4, -0.2) is 16.5 Å². The summed E-state index contributed by atoms with van der Waals surface area (Å²) in [5, 5.41) is 2.43. The average Bonchev–Trinajstić information content (AvgIpc) is 3.34. The maximum Gasteiger partial charge on any atom is 0.155 e. The molecule has 3 nitrogen and oxygen atoms in total. The fourth-order valence-corrected chi connectivity index (χ4v) is 8.48. The van der Waals surface area contributed by atoms with Gasteiger partial charge in [0, 0.05) is 22.6 Å². The highest BCUT2D eigenvalue weighted by atomic mass is 15.0. The van der Waals surface area contributed by atoms with Crippen molar-refractivity contribution in [1.29, 1.82) is 0 Å². The highest BCUT2D eigenvalue weighted by molar-refractivity contribution is 6.15. The summed E-state index contributed by atoms with van der Waals surface area (Å²) in [7, 11) is 0. The second kappa shape index (κ2) is 16.4. The number of aliphatic imine (C=N–C) groups is 2. The van der Waals surface area contributed by atoms with Crippen molar-refractivity contribution in [3.05, 3.63) is 235 Å². The van der Waals surface area contributed by atoms with E-state index in [0.717, 1.165) is 57.2 Å². The lowest BCUT2D eigenvalue weighted by Gasteiger charge is -2.30. The Morgan fingerprint density at radius 1 is 0.367 bits per heavy atom. The number of fused-ring (bicyclic) bond motifs is 1. The van der Waals surface area contributed by atoms with Gasteiger partial charge in [0.25, 0.3) is 0 Å². The first-order valence-corrected chi connectivity index (χ1v) is 20.8. The van der Waals surface area contributed by atoms with Crippen molar-refractivity contribution < 1.29 is 0 Å². The van der Waals surface area contributed by atoms with Gasteiger partial charge < -0.3 is 0 Å². The molecule has 3 heteroatoms. The molecule has 2 heterocycles. The molecule has 2 unspecified atom stereocenters. The van der Waals surface area contributed by atoms with Crippen LogP contribution >= 0.6 is 0 Å². The van der Waals surface area contributed by atoms with Crippen LogP contribution in [0.25, 0.3) is 66.7 Å². The van der Waals surface area contributed by atoms with Gasteiger partial charge >= 0.3 is 0 Å². The normalized spacial score (nSPS) is 15.0. The monoisotopic (exact) mass is 769 g/mol. The second-order valence-corrected chi connectivity index (χ2v) is 15.5. The fourth-order valence-electron chi connectivity index (χ4n) is 8.48. The lowest BCUT2D eigenvalue weighted by Crippen LogP contribution is -2.28. The molecule has 0 fully saturated rings. The van der Waals surface area contributed by atoms with Gasteiger partial charge in [0.2, 0.25) is 0 Å². The first-order chi connectivity index (χ1) is 29.7. The number of nitrogens with zero attached hydrogens (tertiary/aromatic N) is 3. The van der Waals surface area contributed by atoms with Crippen molar-refractivity contribution in [2.24, 2.45) is 15.9 Å². The Bertz CT molecular complexity index is 2910. The van der Waals surface area contributed by atoms with Gasteiger partial charge in [-0.1, -0.05) is 201 Å². The molecule has 0 spiro atoms. The third-order valence-electron chi connectivity index (χ3n) is 11.7. The summed E-state index contributed by atoms with van der Waals surface area (Å²) in [5.74, 6) is 0.959. The summed E-state index contributed by atoms with van der Waals surface area (Å²) in [6.07, 6.45) is 0.939. The summed E-state index contributed by atoms with van der Waals surface area (Å²) >= 11 is 0. The van der Waals surface area contributed by atoms with E-state index in [9.17, 15) is 0 Å². The third-order valence-corrected chi connectivity index (χ3v) is 11.7. The molecule has 10 rings (SSSR count). The summed E-state index contributed by atoms with van der Waals surface area (Å²) in [6, 6.07) is 77.6. The molecule has 0 saturated heterocycles. The Kier molecular flexibility index (Phi) is 10.1. The molecule has 0 radical (unpaired) electrons. The Balaban J connectivity index is 0.935. The Hall–Kier alpha value is -7.49. The number of benzene rings is 8. The number of hydrogen-bond acceptors (Lipinski definition) is 3. The van der Waals surface area contributed by atoms with Crippen LogP contribution in [-0.2, 0) is 0 Å². The molecule has 0 bridgehead atoms. The first kappa shape index (κ1) is 36.8. The topological polar surface area (TPSA) is 37.6 Å². The van der Waals surface area contributed by atoms with Gasteiger partial charge in [-0.2, -0.15) is 0 Å². The van der Waals surface area contributed by atoms with Gasteiger partial charge in [0.15, 0.2) is 5.84 Å². The number of pyridine rings is 1. The van der Waals surface area contributed by atoms with E-state index in [-0.39, 0.29) is 12.0 Å². The minimum atomic E-state index is -0.0352. The van der Waals surface area contributed by atoms with Gasteiger partial charge in [0.05, 0.1) is 23.1 Å². The molecule has 1 aliphatic heterocycles. The molecular weight excluding hydrogens is 727 g/mol. The number of aromatic nitrogens is 1. The van der Waals surface area contributed by atoms with E-state index in [1.165, 1.54) is 44.2 Å². The lowest BCUT2D eigenvalue weighted by molar-refractivity contribution is 0.532. The van der Waals surface area contributed by atoms with Crippen LogP contribution in [0.4, 0.5) is 0 Å². The zero-order chi connectivity index (χ0) is 40.3. The van der Waals surface area contributed by atoms with Crippen molar-refractivity contribution >= 4 is 22.3 Å². The predicted octanol–water partition coefficient (Wildman–Crippen LogP) is 14.6. The van der Waals surface area contributed by atoms with Gasteiger partial charge in [-0.25, -0.2) is 9.98 Å². The minimum absolute atomic E-state index is 0.0352. The molecule has 60 heavy (non-hydrogen) atoms. The number of hydrogen-bond donors (Lipinski definition) is 0. The fraction of sp³-hybridized carbons (Fsp3) is 0.0702. The van der Waals surface area contributed by atoms with Crippen LogP contribution in [0, 0.1) is 5.92 Å². The van der Waals surface area contributed by atoms with Gasteiger partial charge in [-0.15, -0.1) is 0 Å². The molecule has 0 aliphatic carbocycles. The zero-order valence-electron chi connectivity index (χ0n) is 33.5. The van der Waals surface area contributed by atoms with E-state index in [2.05, 4.69) is 213 Å².